The largest absolute Gasteiger partial charge is 0.481 e. The number of aryl methyl sites for hydroxylation is 1. The van der Waals surface area contributed by atoms with Gasteiger partial charge in [-0.05, 0) is 37.0 Å². The van der Waals surface area contributed by atoms with Crippen LogP contribution in [0.4, 0.5) is 10.5 Å². The van der Waals surface area contributed by atoms with Gasteiger partial charge in [-0.2, -0.15) is 0 Å². The molecule has 0 saturated carbocycles. The molecule has 7 nitrogen and oxygen atoms in total. The van der Waals surface area contributed by atoms with E-state index >= 15 is 0 Å². The highest BCUT2D eigenvalue weighted by molar-refractivity contribution is 6.01. The predicted octanol–water partition coefficient (Wildman–Crippen LogP) is 3.28. The third-order valence-corrected chi connectivity index (χ3v) is 5.53. The summed E-state index contributed by atoms with van der Waals surface area (Å²) in [4.78, 5) is 39.6. The fourth-order valence-corrected chi connectivity index (χ4v) is 3.86. The van der Waals surface area contributed by atoms with E-state index in [0.29, 0.717) is 25.1 Å². The molecule has 0 saturated heterocycles. The minimum atomic E-state index is -1.07. The number of carbonyl (C=O) groups excluding carboxylic acids is 1. The Morgan fingerprint density at radius 1 is 1.07 bits per heavy atom. The summed E-state index contributed by atoms with van der Waals surface area (Å²) in [5, 5.41) is 19.3. The van der Waals surface area contributed by atoms with Crippen LogP contribution >= 0.6 is 0 Å². The van der Waals surface area contributed by atoms with Crippen LogP contribution in [-0.2, 0) is 22.4 Å². The van der Waals surface area contributed by atoms with Crippen LogP contribution in [0, 0.1) is 5.92 Å². The van der Waals surface area contributed by atoms with Gasteiger partial charge < -0.3 is 15.1 Å². The zero-order valence-corrected chi connectivity index (χ0v) is 16.9. The average Bonchev–Trinajstić information content (AvgIpc) is 3.14. The number of nitrogens with zero attached hydrogens (tertiary/aromatic N) is 2. The minimum absolute atomic E-state index is 0.0303. The number of fused-ring (bicyclic) bond motifs is 1. The zero-order valence-electron chi connectivity index (χ0n) is 16.9. The van der Waals surface area contributed by atoms with Crippen LogP contribution in [-0.4, -0.2) is 52.2 Å². The number of benzene rings is 2. The van der Waals surface area contributed by atoms with Crippen molar-refractivity contribution in [3.8, 4) is 0 Å². The molecule has 2 N–H and O–H groups in total. The molecule has 2 amide bonds. The second kappa shape index (κ2) is 9.43. The van der Waals surface area contributed by atoms with Crippen molar-refractivity contribution in [3.63, 3.8) is 0 Å². The molecule has 1 aliphatic heterocycles. The molecule has 1 aliphatic rings. The maximum Gasteiger partial charge on any atom is 0.327 e. The molecule has 2 aromatic carbocycles. The van der Waals surface area contributed by atoms with Gasteiger partial charge in [0.1, 0.15) is 6.04 Å². The molecule has 0 radical (unpaired) electrons. The lowest BCUT2D eigenvalue weighted by molar-refractivity contribution is -0.142. The summed E-state index contributed by atoms with van der Waals surface area (Å²) >= 11 is 0. The lowest BCUT2D eigenvalue weighted by atomic mass is 9.99. The molecule has 1 unspecified atom stereocenters. The van der Waals surface area contributed by atoms with Crippen LogP contribution in [0.2, 0.25) is 0 Å². The van der Waals surface area contributed by atoms with Crippen LogP contribution in [0.15, 0.2) is 54.6 Å². The normalized spacial score (nSPS) is 16.0. The number of urea groups is 1. The zero-order chi connectivity index (χ0) is 21.7. The monoisotopic (exact) mass is 410 g/mol. The van der Waals surface area contributed by atoms with Crippen molar-refractivity contribution in [2.45, 2.75) is 32.2 Å². The summed E-state index contributed by atoms with van der Waals surface area (Å²) in [6, 6.07) is 15.3. The van der Waals surface area contributed by atoms with Gasteiger partial charge in [-0.15, -0.1) is 0 Å². The second-order valence-corrected chi connectivity index (χ2v) is 7.44. The third-order valence-electron chi connectivity index (χ3n) is 5.53. The molecule has 2 atom stereocenters. The molecule has 0 aliphatic carbocycles. The topological polar surface area (TPSA) is 98.2 Å². The molecular weight excluding hydrogens is 384 g/mol. The molecule has 2 aromatic rings. The second-order valence-electron chi connectivity index (χ2n) is 7.44. The van der Waals surface area contributed by atoms with Crippen LogP contribution in [0.1, 0.15) is 24.5 Å². The Balaban J connectivity index is 1.76. The van der Waals surface area contributed by atoms with Crippen molar-refractivity contribution in [1.29, 1.82) is 0 Å². The highest BCUT2D eigenvalue weighted by atomic mass is 16.4. The maximum absolute atomic E-state index is 13.3. The van der Waals surface area contributed by atoms with Crippen LogP contribution in [0.25, 0.3) is 0 Å². The summed E-state index contributed by atoms with van der Waals surface area (Å²) < 4.78 is 0. The summed E-state index contributed by atoms with van der Waals surface area (Å²) in [6.07, 6.45) is 1.22. The summed E-state index contributed by atoms with van der Waals surface area (Å²) in [5.41, 5.74) is 2.41. The van der Waals surface area contributed by atoms with Gasteiger partial charge in [-0.3, -0.25) is 9.69 Å². The van der Waals surface area contributed by atoms with Crippen molar-refractivity contribution in [2.24, 2.45) is 5.92 Å². The molecule has 3 rings (SSSR count). The maximum atomic E-state index is 13.3. The molecule has 30 heavy (non-hydrogen) atoms. The first-order valence-corrected chi connectivity index (χ1v) is 10.1. The molecule has 0 bridgehead atoms. The van der Waals surface area contributed by atoms with E-state index < -0.39 is 29.9 Å². The van der Waals surface area contributed by atoms with E-state index in [1.54, 1.807) is 19.1 Å². The smallest absolute Gasteiger partial charge is 0.327 e. The molecule has 0 aromatic heterocycles. The minimum Gasteiger partial charge on any atom is -0.481 e. The molecule has 0 spiro atoms. The van der Waals surface area contributed by atoms with Crippen molar-refractivity contribution in [2.75, 3.05) is 18.0 Å². The number of carbonyl (C=O) groups is 3. The fourth-order valence-electron chi connectivity index (χ4n) is 3.86. The van der Waals surface area contributed by atoms with Crippen molar-refractivity contribution >= 4 is 23.7 Å². The summed E-state index contributed by atoms with van der Waals surface area (Å²) in [5.74, 6) is -2.78. The number of carboxylic acids is 2. The molecule has 1 heterocycles. The number of rotatable bonds is 8. The van der Waals surface area contributed by atoms with Crippen molar-refractivity contribution < 1.29 is 24.6 Å². The first-order valence-electron chi connectivity index (χ1n) is 10.1. The van der Waals surface area contributed by atoms with E-state index in [9.17, 15) is 24.6 Å². The molecular formula is C23H26N2O5. The Bertz CT molecular complexity index is 915. The highest BCUT2D eigenvalue weighted by Gasteiger charge is 2.40. The van der Waals surface area contributed by atoms with E-state index in [1.165, 1.54) is 9.80 Å². The van der Waals surface area contributed by atoms with Gasteiger partial charge in [0.25, 0.3) is 0 Å². The number of amides is 2. The number of carboxylic acid groups (broad SMARTS) is 2. The van der Waals surface area contributed by atoms with Gasteiger partial charge in [0.15, 0.2) is 0 Å². The van der Waals surface area contributed by atoms with Crippen molar-refractivity contribution in [1.82, 2.24) is 4.90 Å². The van der Waals surface area contributed by atoms with E-state index in [2.05, 4.69) is 0 Å². The quantitative estimate of drug-likeness (QED) is 0.696. The standard InChI is InChI=1S/C23H26N2O5/c1-2-24(15-18(21(26)27)13-12-16-8-4-3-5-9-16)23(30)25-19-11-7-6-10-17(19)14-20(25)22(28)29/h3-11,18,20H,2,12-15H2,1H3,(H,26,27)(H,28,29)/t18-,20?/m1/s1. The lowest BCUT2D eigenvalue weighted by Crippen LogP contribution is -2.51. The lowest BCUT2D eigenvalue weighted by Gasteiger charge is -2.31. The molecule has 7 heteroatoms. The SMILES string of the molecule is CCN(C[C@@H](CCc1ccccc1)C(=O)O)C(=O)N1c2ccccc2CC1C(=O)O. The fraction of sp³-hybridized carbons (Fsp3) is 0.348. The first kappa shape index (κ1) is 21.4. The molecule has 0 fully saturated rings. The summed E-state index contributed by atoms with van der Waals surface area (Å²) in [6.45, 7) is 2.09. The van der Waals surface area contributed by atoms with Crippen LogP contribution in [0.5, 0.6) is 0 Å². The number of hydrogen-bond donors (Lipinski definition) is 2. The van der Waals surface area contributed by atoms with E-state index in [4.69, 9.17) is 0 Å². The first-order chi connectivity index (χ1) is 14.4. The Kier molecular flexibility index (Phi) is 6.72. The van der Waals surface area contributed by atoms with Gasteiger partial charge in [0, 0.05) is 25.2 Å². The van der Waals surface area contributed by atoms with Gasteiger partial charge in [-0.25, -0.2) is 9.59 Å². The number of hydrogen-bond acceptors (Lipinski definition) is 3. The number of aliphatic carboxylic acids is 2. The van der Waals surface area contributed by atoms with Gasteiger partial charge in [0.05, 0.1) is 5.92 Å². The predicted molar refractivity (Wildman–Crippen MR) is 113 cm³/mol. The van der Waals surface area contributed by atoms with Crippen LogP contribution < -0.4 is 4.90 Å². The Morgan fingerprint density at radius 2 is 1.73 bits per heavy atom. The Labute approximate surface area is 175 Å². The number of anilines is 1. The summed E-state index contributed by atoms with van der Waals surface area (Å²) in [7, 11) is 0. The molecule has 158 valence electrons. The van der Waals surface area contributed by atoms with Gasteiger partial charge >= 0.3 is 18.0 Å². The highest BCUT2D eigenvalue weighted by Crippen LogP contribution is 2.33. The van der Waals surface area contributed by atoms with Gasteiger partial charge in [-0.1, -0.05) is 48.5 Å². The van der Waals surface area contributed by atoms with E-state index in [1.807, 2.05) is 42.5 Å². The Morgan fingerprint density at radius 3 is 2.37 bits per heavy atom. The third kappa shape index (κ3) is 4.62. The van der Waals surface area contributed by atoms with Gasteiger partial charge in [0.2, 0.25) is 0 Å². The number of para-hydroxylation sites is 1. The van der Waals surface area contributed by atoms with E-state index in [-0.39, 0.29) is 13.0 Å². The van der Waals surface area contributed by atoms with Crippen molar-refractivity contribution in [3.05, 3.63) is 65.7 Å². The average molecular weight is 410 g/mol. The van der Waals surface area contributed by atoms with E-state index in [0.717, 1.165) is 11.1 Å². The van der Waals surface area contributed by atoms with Crippen LogP contribution in [0.3, 0.4) is 0 Å². The Hall–Kier alpha value is -3.35.